The number of hydrogen-bond acceptors (Lipinski definition) is 9. The molecule has 12 heteroatoms. The molecule has 0 saturated heterocycles. The zero-order valence-corrected chi connectivity index (χ0v) is 21.2. The molecule has 196 valence electrons. The van der Waals surface area contributed by atoms with Crippen LogP contribution in [0.4, 0.5) is 11.5 Å². The summed E-state index contributed by atoms with van der Waals surface area (Å²) >= 11 is 0. The third-order valence-electron chi connectivity index (χ3n) is 5.63. The number of nitrogens with two attached hydrogens (primary N) is 1. The van der Waals surface area contributed by atoms with Crippen molar-refractivity contribution >= 4 is 27.4 Å². The number of anilines is 2. The summed E-state index contributed by atoms with van der Waals surface area (Å²) in [5.74, 6) is -0.129. The Bertz CT molecular complexity index is 1330. The number of hydrogen-bond donors (Lipinski definition) is 2. The average molecular weight is 528 g/mol. The summed E-state index contributed by atoms with van der Waals surface area (Å²) in [5.41, 5.74) is 7.29. The Balaban J connectivity index is 1.66. The molecule has 37 heavy (non-hydrogen) atoms. The van der Waals surface area contributed by atoms with Crippen molar-refractivity contribution in [3.63, 3.8) is 0 Å². The van der Waals surface area contributed by atoms with Gasteiger partial charge in [-0.15, -0.1) is 0 Å². The molecule has 3 N–H and O–H groups in total. The van der Waals surface area contributed by atoms with E-state index >= 15 is 0 Å². The first-order chi connectivity index (χ1) is 17.9. The fraction of sp³-hybridized carbons (Fsp3) is 0.320. The highest BCUT2D eigenvalue weighted by Crippen LogP contribution is 2.26. The number of amides is 1. The minimum Gasteiger partial charge on any atom is -0.489 e. The Kier molecular flexibility index (Phi) is 8.66. The number of carbonyl (C=O) groups is 1. The van der Waals surface area contributed by atoms with Crippen LogP contribution in [-0.4, -0.2) is 74.7 Å². The summed E-state index contributed by atoms with van der Waals surface area (Å²) in [5, 5.41) is 2.77. The predicted molar refractivity (Wildman–Crippen MR) is 138 cm³/mol. The monoisotopic (exact) mass is 527 g/mol. The first-order valence-corrected chi connectivity index (χ1v) is 13.3. The highest BCUT2D eigenvalue weighted by atomic mass is 32.2. The van der Waals surface area contributed by atoms with Crippen LogP contribution in [0.2, 0.25) is 0 Å². The lowest BCUT2D eigenvalue weighted by Gasteiger charge is -2.20. The number of sulfonamides is 1. The second-order valence-corrected chi connectivity index (χ2v) is 9.97. The van der Waals surface area contributed by atoms with Gasteiger partial charge in [0.25, 0.3) is 5.91 Å². The molecule has 3 heterocycles. The number of rotatable bonds is 1. The molecule has 0 fully saturated rings. The van der Waals surface area contributed by atoms with Crippen molar-refractivity contribution in [2.24, 2.45) is 0 Å². The zero-order chi connectivity index (χ0) is 26.3. The molecule has 2 aliphatic heterocycles. The third-order valence-corrected chi connectivity index (χ3v) is 7.62. The van der Waals surface area contributed by atoms with Crippen molar-refractivity contribution in [1.82, 2.24) is 14.3 Å². The lowest BCUT2D eigenvalue weighted by Crippen LogP contribution is -2.34. The maximum Gasteiger partial charge on any atom is 0.278 e. The fourth-order valence-electron chi connectivity index (χ4n) is 3.68. The van der Waals surface area contributed by atoms with Crippen molar-refractivity contribution in [1.29, 1.82) is 0 Å². The molecule has 0 atom stereocenters. The van der Waals surface area contributed by atoms with E-state index in [2.05, 4.69) is 15.3 Å². The number of carbonyl (C=O) groups excluding carboxylic acids is 1. The Hall–Kier alpha value is -3.58. The van der Waals surface area contributed by atoms with Gasteiger partial charge < -0.3 is 25.3 Å². The van der Waals surface area contributed by atoms with Crippen molar-refractivity contribution in [2.75, 3.05) is 57.2 Å². The van der Waals surface area contributed by atoms with E-state index in [4.69, 9.17) is 19.9 Å². The van der Waals surface area contributed by atoms with Crippen LogP contribution in [0.25, 0.3) is 11.3 Å². The van der Waals surface area contributed by atoms with E-state index in [1.807, 2.05) is 0 Å². The summed E-state index contributed by atoms with van der Waals surface area (Å²) in [6, 6.07) is 13.2. The molecule has 0 unspecified atom stereocenters. The quantitative estimate of drug-likeness (QED) is 0.456. The number of benzene rings is 2. The number of ether oxygens (including phenoxy) is 3. The van der Waals surface area contributed by atoms with Crippen LogP contribution in [0, 0.1) is 0 Å². The van der Waals surface area contributed by atoms with Gasteiger partial charge in [-0.05, 0) is 24.3 Å². The SMILES string of the molecule is CCN1CCOCCOCCOc2ccccc2NC(=O)c2nc(cnc2N)-c2ccc(cc2)S1(=O)=O. The number of likely N-dealkylation sites (N-methyl/N-ethyl adjacent to an activating group) is 1. The van der Waals surface area contributed by atoms with E-state index in [9.17, 15) is 13.2 Å². The van der Waals surface area contributed by atoms with Gasteiger partial charge in [0, 0.05) is 18.7 Å². The number of para-hydroxylation sites is 2. The molecule has 0 spiro atoms. The minimum absolute atomic E-state index is 0.0393. The molecule has 2 aromatic carbocycles. The number of nitrogen functional groups attached to an aromatic ring is 1. The van der Waals surface area contributed by atoms with Crippen LogP contribution >= 0.6 is 0 Å². The van der Waals surface area contributed by atoms with Crippen molar-refractivity contribution in [3.05, 3.63) is 60.4 Å². The van der Waals surface area contributed by atoms with Crippen LogP contribution in [0.3, 0.4) is 0 Å². The van der Waals surface area contributed by atoms with Gasteiger partial charge >= 0.3 is 0 Å². The van der Waals surface area contributed by atoms with Gasteiger partial charge in [-0.3, -0.25) is 4.79 Å². The molecule has 1 amide bonds. The van der Waals surface area contributed by atoms with E-state index in [0.29, 0.717) is 49.1 Å². The maximum atomic E-state index is 13.1. The fourth-order valence-corrected chi connectivity index (χ4v) is 5.11. The van der Waals surface area contributed by atoms with E-state index in [1.165, 1.54) is 22.6 Å². The first kappa shape index (κ1) is 26.5. The molecule has 11 nitrogen and oxygen atoms in total. The molecule has 0 radical (unpaired) electrons. The standard InChI is InChI=1S/C25H29N5O6S/c1-2-30-11-12-34-13-14-35-15-16-36-22-6-4-3-5-20(22)29-25(31)23-24(26)27-17-21(28-23)18-7-9-19(10-8-18)37(30,32)33/h3-10,17H,2,11-16H2,1H3,(H2,26,27)(H,29,31). The van der Waals surface area contributed by atoms with Crippen LogP contribution in [0.15, 0.2) is 59.6 Å². The smallest absolute Gasteiger partial charge is 0.278 e. The Morgan fingerprint density at radius 1 is 1.00 bits per heavy atom. The van der Waals surface area contributed by atoms with Gasteiger partial charge in [-0.2, -0.15) is 4.31 Å². The van der Waals surface area contributed by atoms with Crippen molar-refractivity contribution in [3.8, 4) is 17.0 Å². The topological polar surface area (TPSA) is 146 Å². The highest BCUT2D eigenvalue weighted by molar-refractivity contribution is 7.89. The molecule has 0 saturated carbocycles. The van der Waals surface area contributed by atoms with Gasteiger partial charge in [-0.25, -0.2) is 18.4 Å². The van der Waals surface area contributed by atoms with Gasteiger partial charge in [0.05, 0.1) is 48.9 Å². The molecule has 0 aliphatic carbocycles. The van der Waals surface area contributed by atoms with E-state index in [1.54, 1.807) is 43.3 Å². The molecule has 5 rings (SSSR count). The van der Waals surface area contributed by atoms with Crippen LogP contribution in [-0.2, 0) is 19.5 Å². The largest absolute Gasteiger partial charge is 0.489 e. The molecular formula is C25H29N5O6S. The highest BCUT2D eigenvalue weighted by Gasteiger charge is 2.23. The lowest BCUT2D eigenvalue weighted by atomic mass is 10.1. The number of aromatic nitrogens is 2. The molecule has 1 aromatic heterocycles. The Morgan fingerprint density at radius 3 is 2.46 bits per heavy atom. The van der Waals surface area contributed by atoms with Gasteiger partial charge in [0.2, 0.25) is 10.0 Å². The van der Waals surface area contributed by atoms with Crippen molar-refractivity contribution in [2.45, 2.75) is 11.8 Å². The first-order valence-electron chi connectivity index (χ1n) is 11.8. The molecule has 2 aliphatic rings. The average Bonchev–Trinajstić information content (AvgIpc) is 2.90. The van der Waals surface area contributed by atoms with Gasteiger partial charge in [-0.1, -0.05) is 31.2 Å². The normalized spacial score (nSPS) is 17.5. The van der Waals surface area contributed by atoms with Crippen LogP contribution < -0.4 is 15.8 Å². The summed E-state index contributed by atoms with van der Waals surface area (Å²) in [4.78, 5) is 21.7. The van der Waals surface area contributed by atoms with E-state index < -0.39 is 15.9 Å². The number of nitrogens with zero attached hydrogens (tertiary/aromatic N) is 3. The summed E-state index contributed by atoms with van der Waals surface area (Å²) in [6.07, 6.45) is 1.43. The number of nitrogens with one attached hydrogen (secondary N) is 1. The third kappa shape index (κ3) is 6.41. The van der Waals surface area contributed by atoms with E-state index in [0.717, 1.165) is 0 Å². The zero-order valence-electron chi connectivity index (χ0n) is 20.4. The molecule has 3 aromatic rings. The van der Waals surface area contributed by atoms with Gasteiger partial charge in [0.15, 0.2) is 11.5 Å². The maximum absolute atomic E-state index is 13.1. The van der Waals surface area contributed by atoms with Gasteiger partial charge in [0.1, 0.15) is 12.4 Å². The Morgan fingerprint density at radius 2 is 1.70 bits per heavy atom. The lowest BCUT2D eigenvalue weighted by molar-refractivity contribution is 0.0341. The predicted octanol–water partition coefficient (Wildman–Crippen LogP) is 2.41. The van der Waals surface area contributed by atoms with Crippen LogP contribution in [0.5, 0.6) is 5.75 Å². The minimum atomic E-state index is -3.72. The molecular weight excluding hydrogens is 498 g/mol. The molecule has 4 bridgehead atoms. The second kappa shape index (κ2) is 12.1. The summed E-state index contributed by atoms with van der Waals surface area (Å²) in [7, 11) is -3.72. The summed E-state index contributed by atoms with van der Waals surface area (Å²) < 4.78 is 44.5. The van der Waals surface area contributed by atoms with Crippen LogP contribution in [0.1, 0.15) is 17.4 Å². The van der Waals surface area contributed by atoms with E-state index in [-0.39, 0.29) is 36.2 Å². The Labute approximate surface area is 215 Å². The number of fused-ring (bicyclic) bond motifs is 13. The van der Waals surface area contributed by atoms with Crippen molar-refractivity contribution < 1.29 is 27.4 Å². The summed E-state index contributed by atoms with van der Waals surface area (Å²) in [6.45, 7) is 3.72. The second-order valence-electron chi connectivity index (χ2n) is 8.03.